The summed E-state index contributed by atoms with van der Waals surface area (Å²) in [5.41, 5.74) is 2.63. The molecule has 0 heterocycles. The number of ether oxygens (including phenoxy) is 2. The molecule has 4 nitrogen and oxygen atoms in total. The summed E-state index contributed by atoms with van der Waals surface area (Å²) in [6, 6.07) is 18.9. The summed E-state index contributed by atoms with van der Waals surface area (Å²) < 4.78 is 12.4. The second-order valence-corrected chi connectivity index (χ2v) is 11.9. The minimum atomic E-state index is -0.129. The van der Waals surface area contributed by atoms with Crippen LogP contribution in [0.3, 0.4) is 0 Å². The van der Waals surface area contributed by atoms with Gasteiger partial charge in [0, 0.05) is 12.0 Å². The highest BCUT2D eigenvalue weighted by Gasteiger charge is 2.18. The van der Waals surface area contributed by atoms with Crippen LogP contribution in [0.15, 0.2) is 54.6 Å². The molecule has 0 N–H and O–H groups in total. The molecule has 0 spiro atoms. The van der Waals surface area contributed by atoms with Crippen LogP contribution in [0.2, 0.25) is 0 Å². The van der Waals surface area contributed by atoms with E-state index in [0.29, 0.717) is 19.4 Å². The minimum absolute atomic E-state index is 0.000301. The number of nitrogens with zero attached hydrogens (tertiary/aromatic N) is 1. The Morgan fingerprint density at radius 1 is 0.795 bits per heavy atom. The van der Waals surface area contributed by atoms with Gasteiger partial charge in [-0.1, -0.05) is 114 Å². The van der Waals surface area contributed by atoms with Crippen LogP contribution in [0.1, 0.15) is 108 Å². The summed E-state index contributed by atoms with van der Waals surface area (Å²) >= 11 is 0. The van der Waals surface area contributed by atoms with Crippen molar-refractivity contribution in [3.05, 3.63) is 65.7 Å². The highest BCUT2D eigenvalue weighted by atomic mass is 16.5. The van der Waals surface area contributed by atoms with Gasteiger partial charge in [0.25, 0.3) is 0 Å². The second kappa shape index (κ2) is 19.7. The van der Waals surface area contributed by atoms with Crippen molar-refractivity contribution in [2.24, 2.45) is 0 Å². The lowest BCUT2D eigenvalue weighted by molar-refractivity contribution is -0.903. The molecule has 0 radical (unpaired) electrons. The van der Waals surface area contributed by atoms with Crippen molar-refractivity contribution in [3.8, 4) is 5.75 Å². The Kier molecular flexibility index (Phi) is 16.6. The van der Waals surface area contributed by atoms with Crippen LogP contribution < -0.4 is 4.74 Å². The fourth-order valence-corrected chi connectivity index (χ4v) is 5.02. The van der Waals surface area contributed by atoms with E-state index < -0.39 is 0 Å². The average molecular weight is 539 g/mol. The van der Waals surface area contributed by atoms with E-state index in [0.717, 1.165) is 29.7 Å². The zero-order chi connectivity index (χ0) is 28.2. The zero-order valence-electron chi connectivity index (χ0n) is 25.5. The third-order valence-electron chi connectivity index (χ3n) is 7.47. The van der Waals surface area contributed by atoms with Crippen LogP contribution in [0.25, 0.3) is 0 Å². The third kappa shape index (κ3) is 16.4. The Labute approximate surface area is 239 Å². The third-order valence-corrected chi connectivity index (χ3v) is 7.47. The van der Waals surface area contributed by atoms with E-state index in [9.17, 15) is 4.79 Å². The smallest absolute Gasteiger partial charge is 0.311 e. The number of esters is 1. The molecule has 0 aliphatic carbocycles. The Hall–Kier alpha value is -2.33. The number of carbonyl (C=O) groups is 1. The van der Waals surface area contributed by atoms with Crippen LogP contribution in [0, 0.1) is 0 Å². The maximum Gasteiger partial charge on any atom is 0.311 e. The van der Waals surface area contributed by atoms with Crippen LogP contribution in [0.5, 0.6) is 5.75 Å². The van der Waals surface area contributed by atoms with E-state index in [4.69, 9.17) is 9.47 Å². The van der Waals surface area contributed by atoms with Gasteiger partial charge < -0.3 is 14.0 Å². The molecule has 0 aliphatic rings. The van der Waals surface area contributed by atoms with Crippen LogP contribution in [-0.4, -0.2) is 43.8 Å². The van der Waals surface area contributed by atoms with Gasteiger partial charge in [0.05, 0.1) is 39.8 Å². The van der Waals surface area contributed by atoms with Crippen molar-refractivity contribution in [1.82, 2.24) is 0 Å². The Morgan fingerprint density at radius 3 is 2.08 bits per heavy atom. The van der Waals surface area contributed by atoms with E-state index in [2.05, 4.69) is 63.5 Å². The molecule has 0 amide bonds. The topological polar surface area (TPSA) is 35.5 Å². The van der Waals surface area contributed by atoms with Crippen molar-refractivity contribution in [2.75, 3.05) is 27.2 Å². The summed E-state index contributed by atoms with van der Waals surface area (Å²) in [4.78, 5) is 12.3. The molecule has 2 aromatic rings. The van der Waals surface area contributed by atoms with Gasteiger partial charge in [-0.2, -0.15) is 0 Å². The predicted molar refractivity (Wildman–Crippen MR) is 164 cm³/mol. The maximum absolute atomic E-state index is 12.3. The van der Waals surface area contributed by atoms with Gasteiger partial charge in [-0.05, 0) is 37.5 Å². The van der Waals surface area contributed by atoms with Gasteiger partial charge in [0.2, 0.25) is 0 Å². The van der Waals surface area contributed by atoms with Crippen LogP contribution >= 0.6 is 0 Å². The zero-order valence-corrected chi connectivity index (χ0v) is 25.5. The monoisotopic (exact) mass is 538 g/mol. The Morgan fingerprint density at radius 2 is 1.41 bits per heavy atom. The molecule has 0 bridgehead atoms. The van der Waals surface area contributed by atoms with Gasteiger partial charge in [0.15, 0.2) is 0 Å². The highest BCUT2D eigenvalue weighted by Crippen LogP contribution is 2.19. The highest BCUT2D eigenvalue weighted by molar-refractivity contribution is 5.69. The molecule has 39 heavy (non-hydrogen) atoms. The van der Waals surface area contributed by atoms with Gasteiger partial charge in [-0.3, -0.25) is 4.79 Å². The number of aryl methyl sites for hydroxylation is 1. The first-order valence-corrected chi connectivity index (χ1v) is 15.6. The molecule has 4 heteroatoms. The summed E-state index contributed by atoms with van der Waals surface area (Å²) in [6.07, 6.45) is 17.3. The first-order valence-electron chi connectivity index (χ1n) is 15.6. The number of quaternary nitrogens is 1. The summed E-state index contributed by atoms with van der Waals surface area (Å²) in [5.74, 6) is 0.782. The van der Waals surface area contributed by atoms with Crippen molar-refractivity contribution in [3.63, 3.8) is 0 Å². The SMILES string of the molecule is CCCCCCCCCCCCCc1cccc(OC(C)CCOC(=O)CC[N+](C)(C)Cc2ccccc2)c1. The van der Waals surface area contributed by atoms with Crippen LogP contribution in [-0.2, 0) is 22.5 Å². The summed E-state index contributed by atoms with van der Waals surface area (Å²) in [7, 11) is 4.31. The Bertz CT molecular complexity index is 896. The fraction of sp³-hybridized carbons (Fsp3) is 0.629. The Balaban J connectivity index is 1.54. The van der Waals surface area contributed by atoms with Crippen molar-refractivity contribution in [2.45, 2.75) is 116 Å². The fourth-order valence-electron chi connectivity index (χ4n) is 5.02. The standard InChI is InChI=1S/C35H56NO3/c1-5-6-7-8-9-10-11-12-13-14-16-20-32-23-19-24-34(29-32)39-31(2)26-28-38-35(37)25-27-36(3,4)30-33-21-17-15-18-22-33/h15,17-19,21-24,29,31H,5-14,16,20,25-28,30H2,1-4H3/q+1. The lowest BCUT2D eigenvalue weighted by atomic mass is 10.0. The maximum atomic E-state index is 12.3. The molecule has 1 unspecified atom stereocenters. The van der Waals surface area contributed by atoms with E-state index in [-0.39, 0.29) is 12.1 Å². The lowest BCUT2D eigenvalue weighted by Gasteiger charge is -2.29. The van der Waals surface area contributed by atoms with Crippen molar-refractivity contribution in [1.29, 1.82) is 0 Å². The molecular formula is C35H56NO3+. The van der Waals surface area contributed by atoms with Gasteiger partial charge >= 0.3 is 5.97 Å². The second-order valence-electron chi connectivity index (χ2n) is 11.9. The molecular weight excluding hydrogens is 482 g/mol. The first-order chi connectivity index (χ1) is 18.9. The molecule has 1 atom stereocenters. The molecule has 0 aromatic heterocycles. The van der Waals surface area contributed by atoms with Crippen molar-refractivity contribution >= 4 is 5.97 Å². The number of benzene rings is 2. The first kappa shape index (κ1) is 32.9. The molecule has 0 fully saturated rings. The number of rotatable bonds is 22. The number of hydrogen-bond acceptors (Lipinski definition) is 3. The summed E-state index contributed by atoms with van der Waals surface area (Å²) in [5, 5.41) is 0. The quantitative estimate of drug-likeness (QED) is 0.0853. The average Bonchev–Trinajstić information content (AvgIpc) is 2.91. The predicted octanol–water partition coefficient (Wildman–Crippen LogP) is 8.91. The number of hydrogen-bond donors (Lipinski definition) is 0. The number of unbranched alkanes of at least 4 members (excludes halogenated alkanes) is 10. The lowest BCUT2D eigenvalue weighted by Crippen LogP contribution is -2.40. The number of carbonyl (C=O) groups excluding carboxylic acids is 1. The van der Waals surface area contributed by atoms with Gasteiger partial charge in [-0.15, -0.1) is 0 Å². The molecule has 2 aromatic carbocycles. The molecule has 218 valence electrons. The normalized spacial score (nSPS) is 12.3. The van der Waals surface area contributed by atoms with E-state index in [1.54, 1.807) is 0 Å². The largest absolute Gasteiger partial charge is 0.491 e. The molecule has 2 rings (SSSR count). The van der Waals surface area contributed by atoms with Crippen molar-refractivity contribution < 1.29 is 18.8 Å². The minimum Gasteiger partial charge on any atom is -0.491 e. The van der Waals surface area contributed by atoms with E-state index >= 15 is 0 Å². The van der Waals surface area contributed by atoms with Crippen LogP contribution in [0.4, 0.5) is 0 Å². The van der Waals surface area contributed by atoms with Gasteiger partial charge in [0.1, 0.15) is 12.3 Å². The van der Waals surface area contributed by atoms with Gasteiger partial charge in [-0.25, -0.2) is 0 Å². The summed E-state index contributed by atoms with van der Waals surface area (Å²) in [6.45, 7) is 6.37. The van der Waals surface area contributed by atoms with E-state index in [1.165, 1.54) is 81.8 Å². The molecule has 0 aliphatic heterocycles. The van der Waals surface area contributed by atoms with E-state index in [1.807, 2.05) is 19.1 Å². The molecule has 0 saturated carbocycles. The molecule has 0 saturated heterocycles.